The second-order valence-electron chi connectivity index (χ2n) is 4.75. The van der Waals surface area contributed by atoms with Crippen LogP contribution in [0.3, 0.4) is 0 Å². The molecule has 19 heavy (non-hydrogen) atoms. The van der Waals surface area contributed by atoms with Gasteiger partial charge in [0.1, 0.15) is 16.8 Å². The van der Waals surface area contributed by atoms with Gasteiger partial charge in [0, 0.05) is 22.1 Å². The van der Waals surface area contributed by atoms with Crippen LogP contribution in [0.5, 0.6) is 0 Å². The second kappa shape index (κ2) is 5.10. The van der Waals surface area contributed by atoms with Gasteiger partial charge in [-0.1, -0.05) is 33.6 Å². The average molecular weight is 339 g/mol. The third-order valence-corrected chi connectivity index (χ3v) is 4.24. The zero-order chi connectivity index (χ0) is 13.4. The minimum absolute atomic E-state index is 0.489. The maximum absolute atomic E-state index is 6.06. The number of hydrogen-bond donors (Lipinski definition) is 1. The molecule has 1 fully saturated rings. The number of rotatable bonds is 3. The predicted molar refractivity (Wildman–Crippen MR) is 81.2 cm³/mol. The number of aromatic nitrogens is 2. The Morgan fingerprint density at radius 3 is 2.84 bits per heavy atom. The summed E-state index contributed by atoms with van der Waals surface area (Å²) in [5.41, 5.74) is 2.16. The lowest BCUT2D eigenvalue weighted by Crippen LogP contribution is -2.00. The molecule has 0 atom stereocenters. The Balaban J connectivity index is 1.92. The summed E-state index contributed by atoms with van der Waals surface area (Å²) in [5, 5.41) is 3.80. The van der Waals surface area contributed by atoms with Crippen molar-refractivity contribution in [3.8, 4) is 0 Å². The quantitative estimate of drug-likeness (QED) is 0.815. The Morgan fingerprint density at radius 1 is 1.32 bits per heavy atom. The minimum atomic E-state index is 0.489. The lowest BCUT2D eigenvalue weighted by atomic mass is 10.2. The molecule has 2 aromatic rings. The van der Waals surface area contributed by atoms with Crippen LogP contribution in [0.25, 0.3) is 0 Å². The molecule has 1 saturated carbocycles. The van der Waals surface area contributed by atoms with E-state index in [9.17, 15) is 0 Å². The van der Waals surface area contributed by atoms with E-state index in [4.69, 9.17) is 11.6 Å². The van der Waals surface area contributed by atoms with Gasteiger partial charge in [-0.15, -0.1) is 0 Å². The van der Waals surface area contributed by atoms with Gasteiger partial charge in [0.05, 0.1) is 0 Å². The Labute approximate surface area is 125 Å². The van der Waals surface area contributed by atoms with E-state index in [-0.39, 0.29) is 0 Å². The summed E-state index contributed by atoms with van der Waals surface area (Å²) in [6, 6.07) is 7.79. The number of benzene rings is 1. The smallest absolute Gasteiger partial charge is 0.135 e. The van der Waals surface area contributed by atoms with Crippen LogP contribution in [0.1, 0.15) is 30.1 Å². The van der Waals surface area contributed by atoms with E-state index < -0.39 is 0 Å². The maximum atomic E-state index is 6.06. The van der Waals surface area contributed by atoms with Gasteiger partial charge >= 0.3 is 0 Å². The van der Waals surface area contributed by atoms with Gasteiger partial charge in [-0.25, -0.2) is 9.97 Å². The number of anilines is 2. The van der Waals surface area contributed by atoms with Gasteiger partial charge in [-0.3, -0.25) is 0 Å². The molecule has 3 nitrogen and oxygen atoms in total. The molecule has 0 aliphatic heterocycles. The van der Waals surface area contributed by atoms with Crippen molar-refractivity contribution in [3.63, 3.8) is 0 Å². The van der Waals surface area contributed by atoms with Crippen molar-refractivity contribution in [1.29, 1.82) is 0 Å². The number of nitrogens with zero attached hydrogens (tertiary/aromatic N) is 2. The lowest BCUT2D eigenvalue weighted by Gasteiger charge is -2.11. The monoisotopic (exact) mass is 337 g/mol. The van der Waals surface area contributed by atoms with Crippen molar-refractivity contribution < 1.29 is 0 Å². The summed E-state index contributed by atoms with van der Waals surface area (Å²) in [5.74, 6) is 2.09. The van der Waals surface area contributed by atoms with E-state index in [1.807, 2.05) is 18.2 Å². The van der Waals surface area contributed by atoms with Gasteiger partial charge in [-0.2, -0.15) is 0 Å². The third-order valence-electron chi connectivity index (χ3n) is 3.19. The van der Waals surface area contributed by atoms with Crippen LogP contribution < -0.4 is 5.32 Å². The van der Waals surface area contributed by atoms with Gasteiger partial charge < -0.3 is 5.32 Å². The Bertz CT molecular complexity index is 626. The van der Waals surface area contributed by atoms with Crippen LogP contribution in [0, 0.1) is 6.92 Å². The fourth-order valence-corrected chi connectivity index (χ4v) is 2.46. The zero-order valence-corrected chi connectivity index (χ0v) is 12.8. The van der Waals surface area contributed by atoms with Crippen molar-refractivity contribution in [2.24, 2.45) is 0 Å². The lowest BCUT2D eigenvalue weighted by molar-refractivity contribution is 0.930. The van der Waals surface area contributed by atoms with Gasteiger partial charge in [-0.05, 0) is 37.5 Å². The largest absolute Gasteiger partial charge is 0.340 e. The third kappa shape index (κ3) is 2.90. The summed E-state index contributed by atoms with van der Waals surface area (Å²) in [7, 11) is 0. The molecular weight excluding hydrogens is 326 g/mol. The van der Waals surface area contributed by atoms with Crippen LogP contribution in [0.4, 0.5) is 11.5 Å². The number of halogens is 2. The van der Waals surface area contributed by atoms with E-state index in [1.54, 1.807) is 6.07 Å². The summed E-state index contributed by atoms with van der Waals surface area (Å²) in [6.45, 7) is 2.05. The highest BCUT2D eigenvalue weighted by Gasteiger charge is 2.27. The molecule has 0 radical (unpaired) electrons. The summed E-state index contributed by atoms with van der Waals surface area (Å²) >= 11 is 9.58. The maximum Gasteiger partial charge on any atom is 0.135 e. The first-order valence-corrected chi connectivity index (χ1v) is 7.37. The SMILES string of the molecule is Cc1c(Br)cccc1Nc1cc(Cl)nc(C2CC2)n1. The molecule has 1 heterocycles. The molecule has 0 spiro atoms. The highest BCUT2D eigenvalue weighted by molar-refractivity contribution is 9.10. The fourth-order valence-electron chi connectivity index (χ4n) is 1.90. The van der Waals surface area contributed by atoms with Crippen molar-refractivity contribution >= 4 is 39.0 Å². The van der Waals surface area contributed by atoms with Crippen molar-refractivity contribution in [2.45, 2.75) is 25.7 Å². The molecule has 1 aliphatic rings. The van der Waals surface area contributed by atoms with Gasteiger partial charge in [0.25, 0.3) is 0 Å². The predicted octanol–water partition coefficient (Wildman–Crippen LogP) is 4.82. The van der Waals surface area contributed by atoms with E-state index >= 15 is 0 Å². The average Bonchev–Trinajstić information content (AvgIpc) is 3.18. The molecule has 1 aliphatic carbocycles. The first kappa shape index (κ1) is 12.9. The normalized spacial score (nSPS) is 14.5. The summed E-state index contributed by atoms with van der Waals surface area (Å²) < 4.78 is 1.07. The van der Waals surface area contributed by atoms with E-state index in [2.05, 4.69) is 38.1 Å². The van der Waals surface area contributed by atoms with Crippen LogP contribution in [-0.4, -0.2) is 9.97 Å². The molecule has 1 aromatic carbocycles. The van der Waals surface area contributed by atoms with Crippen molar-refractivity contribution in [3.05, 3.63) is 45.3 Å². The van der Waals surface area contributed by atoms with Crippen LogP contribution in [-0.2, 0) is 0 Å². The molecule has 1 N–H and O–H groups in total. The highest BCUT2D eigenvalue weighted by Crippen LogP contribution is 2.39. The number of nitrogens with one attached hydrogen (secondary N) is 1. The molecule has 0 amide bonds. The topological polar surface area (TPSA) is 37.8 Å². The fraction of sp³-hybridized carbons (Fsp3) is 0.286. The van der Waals surface area contributed by atoms with Crippen molar-refractivity contribution in [2.75, 3.05) is 5.32 Å². The highest BCUT2D eigenvalue weighted by atomic mass is 79.9. The first-order chi connectivity index (χ1) is 9.13. The molecule has 5 heteroatoms. The van der Waals surface area contributed by atoms with Crippen LogP contribution in [0.15, 0.2) is 28.7 Å². The minimum Gasteiger partial charge on any atom is -0.340 e. The number of hydrogen-bond acceptors (Lipinski definition) is 3. The van der Waals surface area contributed by atoms with E-state index in [1.165, 1.54) is 0 Å². The summed E-state index contributed by atoms with van der Waals surface area (Å²) in [4.78, 5) is 8.82. The zero-order valence-electron chi connectivity index (χ0n) is 10.5. The Hall–Kier alpha value is -1.13. The van der Waals surface area contributed by atoms with E-state index in [0.717, 1.165) is 40.2 Å². The Morgan fingerprint density at radius 2 is 2.11 bits per heavy atom. The molecule has 3 rings (SSSR count). The van der Waals surface area contributed by atoms with Crippen LogP contribution >= 0.6 is 27.5 Å². The standard InChI is InChI=1S/C14H13BrClN3/c1-8-10(15)3-2-4-11(8)17-13-7-12(16)18-14(19-13)9-5-6-9/h2-4,7,9H,5-6H2,1H3,(H,17,18,19). The molecular formula is C14H13BrClN3. The molecule has 0 bridgehead atoms. The molecule has 1 aromatic heterocycles. The molecule has 0 unspecified atom stereocenters. The molecule has 98 valence electrons. The van der Waals surface area contributed by atoms with Gasteiger partial charge in [0.15, 0.2) is 0 Å². The second-order valence-corrected chi connectivity index (χ2v) is 5.99. The Kier molecular flexibility index (Phi) is 3.46. The van der Waals surface area contributed by atoms with Crippen molar-refractivity contribution in [1.82, 2.24) is 9.97 Å². The van der Waals surface area contributed by atoms with E-state index in [0.29, 0.717) is 11.1 Å². The molecule has 0 saturated heterocycles. The first-order valence-electron chi connectivity index (χ1n) is 6.20. The summed E-state index contributed by atoms with van der Waals surface area (Å²) in [6.07, 6.45) is 2.32. The van der Waals surface area contributed by atoms with Crippen LogP contribution in [0.2, 0.25) is 5.15 Å². The van der Waals surface area contributed by atoms with Gasteiger partial charge in [0.2, 0.25) is 0 Å².